The third-order valence-corrected chi connectivity index (χ3v) is 7.71. The van der Waals surface area contributed by atoms with Crippen molar-refractivity contribution < 1.29 is 13.2 Å². The summed E-state index contributed by atoms with van der Waals surface area (Å²) in [5.41, 5.74) is 7.24. The summed E-state index contributed by atoms with van der Waals surface area (Å²) >= 11 is 0. The molecule has 2 heterocycles. The quantitative estimate of drug-likeness (QED) is 0.488. The van der Waals surface area contributed by atoms with Crippen LogP contribution in [0.25, 0.3) is 0 Å². The largest absolute Gasteiger partial charge is 0.368 e. The smallest absolute Gasteiger partial charge is 0.243 e. The van der Waals surface area contributed by atoms with E-state index in [2.05, 4.69) is 25.2 Å². The number of nitrogen functional groups attached to an aromatic ring is 1. The third-order valence-electron chi connectivity index (χ3n) is 5.79. The highest BCUT2D eigenvalue weighted by Crippen LogP contribution is 2.24. The molecule has 2 aromatic carbocycles. The van der Waals surface area contributed by atoms with Gasteiger partial charge in [0.2, 0.25) is 21.9 Å². The maximum atomic E-state index is 13.0. The van der Waals surface area contributed by atoms with Gasteiger partial charge in [-0.1, -0.05) is 30.3 Å². The van der Waals surface area contributed by atoms with E-state index in [9.17, 15) is 13.2 Å². The number of carbonyl (C=O) groups excluding carboxylic acids is 1. The van der Waals surface area contributed by atoms with Crippen molar-refractivity contribution in [3.63, 3.8) is 0 Å². The molecule has 3 aromatic rings. The minimum atomic E-state index is -3.64. The van der Waals surface area contributed by atoms with Crippen LogP contribution in [-0.4, -0.2) is 64.5 Å². The van der Waals surface area contributed by atoms with Crippen molar-refractivity contribution in [1.82, 2.24) is 24.2 Å². The van der Waals surface area contributed by atoms with Gasteiger partial charge in [-0.2, -0.15) is 19.3 Å². The SMILES string of the molecule is CC(=O)c1ccc(S(=O)(=O)N2CCN(C(C)c3nc(N)nc(Nc4ccccc4)n3)CC2)cc1. The lowest BCUT2D eigenvalue weighted by Crippen LogP contribution is -2.49. The molecule has 1 aliphatic rings. The van der Waals surface area contributed by atoms with Crippen LogP contribution >= 0.6 is 0 Å². The minimum absolute atomic E-state index is 0.104. The number of rotatable bonds is 7. The van der Waals surface area contributed by atoms with Crippen molar-refractivity contribution in [2.75, 3.05) is 37.2 Å². The summed E-state index contributed by atoms with van der Waals surface area (Å²) in [6.07, 6.45) is 0. The standard InChI is InChI=1S/C23H27N7O3S/c1-16(21-26-22(24)28-23(27-21)25-19-6-4-3-5-7-19)29-12-14-30(15-13-29)34(32,33)20-10-8-18(9-11-20)17(2)31/h3-11,16H,12-15H2,1-2H3,(H3,24,25,26,27,28). The lowest BCUT2D eigenvalue weighted by molar-refractivity contribution is 0.101. The van der Waals surface area contributed by atoms with Gasteiger partial charge in [-0.3, -0.25) is 9.69 Å². The molecule has 1 saturated heterocycles. The number of para-hydroxylation sites is 1. The predicted octanol–water partition coefficient (Wildman–Crippen LogP) is 2.47. The van der Waals surface area contributed by atoms with Gasteiger partial charge in [0.25, 0.3) is 0 Å². The summed E-state index contributed by atoms with van der Waals surface area (Å²) in [5, 5.41) is 3.13. The van der Waals surface area contributed by atoms with E-state index in [1.807, 2.05) is 37.3 Å². The number of Topliss-reactive ketones (excluding diaryl/α,β-unsaturated/α-hetero) is 1. The first-order valence-electron chi connectivity index (χ1n) is 10.9. The normalized spacial score (nSPS) is 16.2. The van der Waals surface area contributed by atoms with Crippen LogP contribution < -0.4 is 11.1 Å². The lowest BCUT2D eigenvalue weighted by atomic mass is 10.2. The molecule has 4 rings (SSSR count). The molecular weight excluding hydrogens is 454 g/mol. The molecule has 0 amide bonds. The zero-order valence-electron chi connectivity index (χ0n) is 19.0. The molecule has 0 saturated carbocycles. The van der Waals surface area contributed by atoms with Gasteiger partial charge in [-0.15, -0.1) is 0 Å². The van der Waals surface area contributed by atoms with Crippen molar-refractivity contribution in [3.8, 4) is 0 Å². The second-order valence-corrected chi connectivity index (χ2v) is 10.0. The fourth-order valence-corrected chi connectivity index (χ4v) is 5.23. The van der Waals surface area contributed by atoms with Crippen LogP contribution in [0, 0.1) is 0 Å². The Bertz CT molecular complexity index is 1260. The second kappa shape index (κ2) is 9.84. The Morgan fingerprint density at radius 1 is 0.971 bits per heavy atom. The highest BCUT2D eigenvalue weighted by atomic mass is 32.2. The van der Waals surface area contributed by atoms with E-state index in [0.717, 1.165) is 5.69 Å². The molecule has 178 valence electrons. The van der Waals surface area contributed by atoms with Crippen molar-refractivity contribution >= 4 is 33.4 Å². The van der Waals surface area contributed by atoms with Crippen LogP contribution in [0.1, 0.15) is 36.1 Å². The number of hydrogen-bond donors (Lipinski definition) is 2. The van der Waals surface area contributed by atoms with Crippen LogP contribution in [0.2, 0.25) is 0 Å². The summed E-state index contributed by atoms with van der Waals surface area (Å²) in [6, 6.07) is 15.4. The molecule has 1 aliphatic heterocycles. The summed E-state index contributed by atoms with van der Waals surface area (Å²) in [7, 11) is -3.64. The van der Waals surface area contributed by atoms with E-state index in [1.54, 1.807) is 12.1 Å². The highest BCUT2D eigenvalue weighted by molar-refractivity contribution is 7.89. The van der Waals surface area contributed by atoms with Crippen molar-refractivity contribution in [2.24, 2.45) is 0 Å². The molecule has 11 heteroatoms. The van der Waals surface area contributed by atoms with Crippen molar-refractivity contribution in [3.05, 3.63) is 66.0 Å². The number of hydrogen-bond acceptors (Lipinski definition) is 9. The average molecular weight is 482 g/mol. The van der Waals surface area contributed by atoms with Gasteiger partial charge in [0.15, 0.2) is 11.6 Å². The Labute approximate surface area is 198 Å². The van der Waals surface area contributed by atoms with E-state index in [1.165, 1.54) is 23.4 Å². The van der Waals surface area contributed by atoms with E-state index in [-0.39, 0.29) is 22.7 Å². The Morgan fingerprint density at radius 2 is 1.62 bits per heavy atom. The molecule has 1 aromatic heterocycles. The van der Waals surface area contributed by atoms with E-state index in [4.69, 9.17) is 5.73 Å². The molecule has 0 bridgehead atoms. The van der Waals surface area contributed by atoms with Gasteiger partial charge < -0.3 is 11.1 Å². The summed E-state index contributed by atoms with van der Waals surface area (Å²) in [6.45, 7) is 5.10. The number of ketones is 1. The van der Waals surface area contributed by atoms with Gasteiger partial charge >= 0.3 is 0 Å². The number of nitrogens with two attached hydrogens (primary N) is 1. The minimum Gasteiger partial charge on any atom is -0.368 e. The molecule has 0 spiro atoms. The van der Waals surface area contributed by atoms with Crippen molar-refractivity contribution in [1.29, 1.82) is 0 Å². The molecular formula is C23H27N7O3S. The van der Waals surface area contributed by atoms with Gasteiger partial charge in [-0.05, 0) is 38.1 Å². The molecule has 1 atom stereocenters. The number of anilines is 3. The molecule has 1 unspecified atom stereocenters. The maximum absolute atomic E-state index is 13.0. The van der Waals surface area contributed by atoms with E-state index in [0.29, 0.717) is 43.5 Å². The fourth-order valence-electron chi connectivity index (χ4n) is 3.81. The van der Waals surface area contributed by atoms with E-state index < -0.39 is 10.0 Å². The van der Waals surface area contributed by atoms with Crippen LogP contribution in [0.5, 0.6) is 0 Å². The highest BCUT2D eigenvalue weighted by Gasteiger charge is 2.31. The summed E-state index contributed by atoms with van der Waals surface area (Å²) < 4.78 is 27.5. The zero-order valence-corrected chi connectivity index (χ0v) is 19.9. The first-order chi connectivity index (χ1) is 16.2. The van der Waals surface area contributed by atoms with Gasteiger partial charge in [0.1, 0.15) is 0 Å². The van der Waals surface area contributed by atoms with Crippen molar-refractivity contribution in [2.45, 2.75) is 24.8 Å². The van der Waals surface area contributed by atoms with Gasteiger partial charge in [0, 0.05) is 37.4 Å². The Kier molecular flexibility index (Phi) is 6.87. The second-order valence-electron chi connectivity index (χ2n) is 8.06. The van der Waals surface area contributed by atoms with Gasteiger partial charge in [-0.25, -0.2) is 8.42 Å². The summed E-state index contributed by atoms with van der Waals surface area (Å²) in [5.74, 6) is 0.885. The monoisotopic (exact) mass is 481 g/mol. The first-order valence-corrected chi connectivity index (χ1v) is 12.4. The first kappa shape index (κ1) is 23.7. The number of nitrogens with zero attached hydrogens (tertiary/aromatic N) is 5. The molecule has 34 heavy (non-hydrogen) atoms. The Balaban J connectivity index is 1.43. The molecule has 1 fully saturated rings. The molecule has 0 radical (unpaired) electrons. The zero-order chi connectivity index (χ0) is 24.3. The Morgan fingerprint density at radius 3 is 2.24 bits per heavy atom. The topological polar surface area (TPSA) is 134 Å². The van der Waals surface area contributed by atoms with Crippen LogP contribution in [0.4, 0.5) is 17.6 Å². The van der Waals surface area contributed by atoms with E-state index >= 15 is 0 Å². The average Bonchev–Trinajstić information content (AvgIpc) is 2.84. The number of piperazine rings is 1. The number of nitrogens with one attached hydrogen (secondary N) is 1. The third kappa shape index (κ3) is 5.22. The molecule has 0 aliphatic carbocycles. The molecule has 3 N–H and O–H groups in total. The van der Waals surface area contributed by atoms with Crippen LogP contribution in [0.3, 0.4) is 0 Å². The van der Waals surface area contributed by atoms with Gasteiger partial charge in [0.05, 0.1) is 10.9 Å². The number of benzene rings is 2. The number of aromatic nitrogens is 3. The molecule has 10 nitrogen and oxygen atoms in total. The van der Waals surface area contributed by atoms with Crippen LogP contribution in [0.15, 0.2) is 59.5 Å². The fraction of sp³-hybridized carbons (Fsp3) is 0.304. The Hall–Kier alpha value is -3.41. The maximum Gasteiger partial charge on any atom is 0.243 e. The van der Waals surface area contributed by atoms with Crippen LogP contribution in [-0.2, 0) is 10.0 Å². The summed E-state index contributed by atoms with van der Waals surface area (Å²) in [4.78, 5) is 26.8. The number of sulfonamides is 1. The predicted molar refractivity (Wildman–Crippen MR) is 129 cm³/mol. The number of carbonyl (C=O) groups is 1. The lowest BCUT2D eigenvalue weighted by Gasteiger charge is -2.36.